The van der Waals surface area contributed by atoms with E-state index in [1.807, 2.05) is 24.0 Å². The van der Waals surface area contributed by atoms with Crippen LogP contribution >= 0.6 is 15.9 Å². The number of halogens is 1. The van der Waals surface area contributed by atoms with Crippen molar-refractivity contribution in [3.05, 3.63) is 46.3 Å². The minimum atomic E-state index is -0.179. The van der Waals surface area contributed by atoms with Gasteiger partial charge in [0.2, 0.25) is 0 Å². The summed E-state index contributed by atoms with van der Waals surface area (Å²) in [5.41, 5.74) is 0.876. The maximum Gasteiger partial charge on any atom is 0.276 e. The Morgan fingerprint density at radius 3 is 2.92 bits per heavy atom. The van der Waals surface area contributed by atoms with Crippen LogP contribution in [0.3, 0.4) is 0 Å². The molecule has 4 rings (SSSR count). The first-order valence-corrected chi connectivity index (χ1v) is 9.19. The lowest BCUT2D eigenvalue weighted by Gasteiger charge is -2.25. The van der Waals surface area contributed by atoms with E-state index in [-0.39, 0.29) is 35.5 Å². The van der Waals surface area contributed by atoms with Crippen LogP contribution in [0, 0.1) is 6.92 Å². The number of pyridine rings is 2. The van der Waals surface area contributed by atoms with Gasteiger partial charge in [-0.2, -0.15) is 0 Å². The van der Waals surface area contributed by atoms with Gasteiger partial charge in [0.1, 0.15) is 11.6 Å². The largest absolute Gasteiger partial charge is 0.505 e. The highest BCUT2D eigenvalue weighted by molar-refractivity contribution is 9.10. The standard InChI is InChI=1S/C18H19BrN4O2/c1-10-2-6-15(24)17(21-10)18(25)23-12-4-5-14(23)13(8-12)22-16-7-3-11(19)9-20-16/h2-3,6-7,9,12-14,24H,4-5,8H2,1H3,(H,20,22). The van der Waals surface area contributed by atoms with Gasteiger partial charge in [-0.05, 0) is 66.4 Å². The molecule has 130 valence electrons. The fraction of sp³-hybridized carbons (Fsp3) is 0.389. The third-order valence-corrected chi connectivity index (χ3v) is 5.52. The van der Waals surface area contributed by atoms with Crippen LogP contribution in [0.4, 0.5) is 5.82 Å². The monoisotopic (exact) mass is 402 g/mol. The number of rotatable bonds is 3. The molecule has 0 aliphatic carbocycles. The summed E-state index contributed by atoms with van der Waals surface area (Å²) in [4.78, 5) is 23.5. The Bertz CT molecular complexity index is 811. The summed E-state index contributed by atoms with van der Waals surface area (Å²) < 4.78 is 0.934. The summed E-state index contributed by atoms with van der Waals surface area (Å²) in [5.74, 6) is 0.576. The molecule has 25 heavy (non-hydrogen) atoms. The lowest BCUT2D eigenvalue weighted by atomic mass is 9.95. The lowest BCUT2D eigenvalue weighted by molar-refractivity contribution is 0.0718. The molecule has 7 heteroatoms. The van der Waals surface area contributed by atoms with Gasteiger partial charge >= 0.3 is 0 Å². The number of hydrogen-bond donors (Lipinski definition) is 2. The highest BCUT2D eigenvalue weighted by atomic mass is 79.9. The van der Waals surface area contributed by atoms with Crippen LogP contribution in [0.15, 0.2) is 34.9 Å². The summed E-state index contributed by atoms with van der Waals surface area (Å²) in [6.07, 6.45) is 4.60. The summed E-state index contributed by atoms with van der Waals surface area (Å²) >= 11 is 3.38. The van der Waals surface area contributed by atoms with Crippen LogP contribution in [0.1, 0.15) is 35.4 Å². The van der Waals surface area contributed by atoms with Gasteiger partial charge < -0.3 is 15.3 Å². The van der Waals surface area contributed by atoms with Gasteiger partial charge in [0.15, 0.2) is 5.69 Å². The number of hydrogen-bond acceptors (Lipinski definition) is 5. The normalized spacial score (nSPS) is 24.6. The van der Waals surface area contributed by atoms with Crippen molar-refractivity contribution >= 4 is 27.7 Å². The zero-order valence-corrected chi connectivity index (χ0v) is 15.4. The van der Waals surface area contributed by atoms with E-state index < -0.39 is 0 Å². The van der Waals surface area contributed by atoms with Gasteiger partial charge in [0, 0.05) is 28.4 Å². The zero-order valence-electron chi connectivity index (χ0n) is 13.8. The molecule has 3 unspecified atom stereocenters. The second-order valence-corrected chi connectivity index (χ2v) is 7.60. The molecule has 1 amide bonds. The van der Waals surface area contributed by atoms with Gasteiger partial charge in [-0.25, -0.2) is 9.97 Å². The molecule has 2 bridgehead atoms. The molecule has 0 aromatic carbocycles. The van der Waals surface area contributed by atoms with E-state index >= 15 is 0 Å². The van der Waals surface area contributed by atoms with E-state index in [4.69, 9.17) is 0 Å². The zero-order chi connectivity index (χ0) is 17.6. The molecule has 2 aliphatic rings. The number of fused-ring (bicyclic) bond motifs is 2. The first-order valence-electron chi connectivity index (χ1n) is 8.40. The molecule has 2 aromatic rings. The third-order valence-electron chi connectivity index (χ3n) is 5.05. The Morgan fingerprint density at radius 2 is 2.16 bits per heavy atom. The van der Waals surface area contributed by atoms with Crippen LogP contribution < -0.4 is 5.32 Å². The van der Waals surface area contributed by atoms with Crippen molar-refractivity contribution in [3.63, 3.8) is 0 Å². The minimum Gasteiger partial charge on any atom is -0.505 e. The number of aryl methyl sites for hydroxylation is 1. The van der Waals surface area contributed by atoms with E-state index in [9.17, 15) is 9.90 Å². The molecule has 6 nitrogen and oxygen atoms in total. The van der Waals surface area contributed by atoms with Crippen molar-refractivity contribution in [3.8, 4) is 5.75 Å². The Morgan fingerprint density at radius 1 is 1.32 bits per heavy atom. The first kappa shape index (κ1) is 16.3. The summed E-state index contributed by atoms with van der Waals surface area (Å²) in [5, 5.41) is 13.5. The first-order chi connectivity index (χ1) is 12.0. The average Bonchev–Trinajstić information content (AvgIpc) is 3.16. The Kier molecular flexibility index (Phi) is 4.11. The summed E-state index contributed by atoms with van der Waals surface area (Å²) in [6, 6.07) is 7.57. The number of carbonyl (C=O) groups is 1. The molecule has 2 saturated heterocycles. The highest BCUT2D eigenvalue weighted by Gasteiger charge is 2.49. The second kappa shape index (κ2) is 6.29. The number of aromatic nitrogens is 2. The fourth-order valence-corrected chi connectivity index (χ4v) is 4.18. The molecule has 2 aromatic heterocycles. The van der Waals surface area contributed by atoms with Crippen LogP contribution in [0.2, 0.25) is 0 Å². The molecular weight excluding hydrogens is 384 g/mol. The van der Waals surface area contributed by atoms with Crippen LogP contribution in [0.5, 0.6) is 5.75 Å². The van der Waals surface area contributed by atoms with Gasteiger partial charge in [-0.1, -0.05) is 0 Å². The number of amides is 1. The maximum atomic E-state index is 13.0. The lowest BCUT2D eigenvalue weighted by Crippen LogP contribution is -2.40. The Balaban J connectivity index is 1.55. The molecule has 3 atom stereocenters. The van der Waals surface area contributed by atoms with Gasteiger partial charge in [0.05, 0.1) is 6.04 Å². The molecule has 0 spiro atoms. The summed E-state index contributed by atoms with van der Waals surface area (Å²) in [6.45, 7) is 1.82. The molecule has 4 heterocycles. The quantitative estimate of drug-likeness (QED) is 0.824. The van der Waals surface area contributed by atoms with Gasteiger partial charge in [-0.3, -0.25) is 4.79 Å². The summed E-state index contributed by atoms with van der Waals surface area (Å²) in [7, 11) is 0. The Labute approximate surface area is 154 Å². The van der Waals surface area contributed by atoms with Crippen molar-refractivity contribution in [2.75, 3.05) is 5.32 Å². The predicted molar refractivity (Wildman–Crippen MR) is 97.6 cm³/mol. The van der Waals surface area contributed by atoms with E-state index in [2.05, 4.69) is 31.2 Å². The van der Waals surface area contributed by atoms with E-state index in [0.717, 1.165) is 35.2 Å². The smallest absolute Gasteiger partial charge is 0.276 e. The number of nitrogens with zero attached hydrogens (tertiary/aromatic N) is 3. The highest BCUT2D eigenvalue weighted by Crippen LogP contribution is 2.40. The molecule has 2 N–H and O–H groups in total. The molecular formula is C18H19BrN4O2. The fourth-order valence-electron chi connectivity index (χ4n) is 3.94. The van der Waals surface area contributed by atoms with Crippen molar-refractivity contribution in [2.24, 2.45) is 0 Å². The van der Waals surface area contributed by atoms with Crippen molar-refractivity contribution in [1.29, 1.82) is 0 Å². The predicted octanol–water partition coefficient (Wildman–Crippen LogP) is 3.11. The minimum absolute atomic E-state index is 0.0546. The molecule has 0 radical (unpaired) electrons. The number of anilines is 1. The van der Waals surface area contributed by atoms with Crippen LogP contribution in [0.25, 0.3) is 0 Å². The number of aromatic hydroxyl groups is 1. The SMILES string of the molecule is Cc1ccc(O)c(C(=O)N2C3CCC2C(Nc2ccc(Br)cn2)C3)n1. The van der Waals surface area contributed by atoms with Crippen molar-refractivity contribution in [2.45, 2.75) is 44.3 Å². The molecule has 2 fully saturated rings. The van der Waals surface area contributed by atoms with E-state index in [1.54, 1.807) is 12.3 Å². The van der Waals surface area contributed by atoms with E-state index in [1.165, 1.54) is 6.07 Å². The number of nitrogens with one attached hydrogen (secondary N) is 1. The van der Waals surface area contributed by atoms with E-state index in [0.29, 0.717) is 0 Å². The van der Waals surface area contributed by atoms with Gasteiger partial charge in [0.25, 0.3) is 5.91 Å². The van der Waals surface area contributed by atoms with Crippen molar-refractivity contribution < 1.29 is 9.90 Å². The van der Waals surface area contributed by atoms with Crippen molar-refractivity contribution in [1.82, 2.24) is 14.9 Å². The molecule has 0 saturated carbocycles. The topological polar surface area (TPSA) is 78.4 Å². The average molecular weight is 403 g/mol. The van der Waals surface area contributed by atoms with Crippen LogP contribution in [-0.2, 0) is 0 Å². The second-order valence-electron chi connectivity index (χ2n) is 6.68. The van der Waals surface area contributed by atoms with Crippen LogP contribution in [-0.4, -0.2) is 44.0 Å². The molecule has 2 aliphatic heterocycles. The maximum absolute atomic E-state index is 13.0. The van der Waals surface area contributed by atoms with Gasteiger partial charge in [-0.15, -0.1) is 0 Å². The third kappa shape index (κ3) is 2.97. The Hall–Kier alpha value is -2.15. The number of carbonyl (C=O) groups excluding carboxylic acids is 1.